The van der Waals surface area contributed by atoms with Gasteiger partial charge in [-0.1, -0.05) is 0 Å². The van der Waals surface area contributed by atoms with Crippen LogP contribution in [0.1, 0.15) is 6.42 Å². The number of hydrogen-bond acceptors (Lipinski definition) is 3. The summed E-state index contributed by atoms with van der Waals surface area (Å²) in [6.45, 7) is 0.493. The Morgan fingerprint density at radius 1 is 1.50 bits per heavy atom. The summed E-state index contributed by atoms with van der Waals surface area (Å²) in [4.78, 5) is 31.8. The first-order valence-corrected chi connectivity index (χ1v) is 4.90. The van der Waals surface area contributed by atoms with Crippen LogP contribution in [0, 0.1) is 0 Å². The molecule has 1 atom stereocenters. The van der Waals surface area contributed by atoms with Crippen molar-refractivity contribution < 1.29 is 28.8 Å². The average Bonchev–Trinajstić information content (AvgIpc) is 2.12. The van der Waals surface area contributed by atoms with Gasteiger partial charge in [0.25, 0.3) is 0 Å². The normalized spacial score (nSPS) is 22.7. The zero-order chi connectivity index (χ0) is 9.78. The second-order valence-corrected chi connectivity index (χ2v) is 3.49. The number of ether oxygens (including phenoxy) is 1. The maximum absolute atomic E-state index is 10.2. The van der Waals surface area contributed by atoms with Gasteiger partial charge in [0.15, 0.2) is 0 Å². The highest BCUT2D eigenvalue weighted by Crippen LogP contribution is 2.25. The molecule has 0 spiro atoms. The van der Waals surface area contributed by atoms with Crippen molar-refractivity contribution in [2.45, 2.75) is 11.8 Å². The molecule has 1 rings (SSSR count). The fourth-order valence-corrected chi connectivity index (χ4v) is 0.623. The summed E-state index contributed by atoms with van der Waals surface area (Å²) < 4.78 is 13.4. The van der Waals surface area contributed by atoms with Gasteiger partial charge in [0.05, 0.1) is 6.61 Å². The molecule has 0 saturated carbocycles. The molecule has 1 unspecified atom stereocenters. The molecule has 0 aromatic rings. The maximum atomic E-state index is 10.2. The smallest absolute Gasteiger partial charge is 0.465 e. The number of rotatable bonds is 0. The molecule has 3 N–H and O–H groups in total. The molecule has 8 heteroatoms. The Hall–Kier alpha value is -0.130. The number of esters is 1. The second-order valence-electron chi connectivity index (χ2n) is 1.94. The van der Waals surface area contributed by atoms with E-state index in [-0.39, 0.29) is 11.3 Å². The summed E-state index contributed by atoms with van der Waals surface area (Å²) in [5.41, 5.74) is 0. The Bertz CT molecular complexity index is 191. The van der Waals surface area contributed by atoms with E-state index in [4.69, 9.17) is 30.8 Å². The van der Waals surface area contributed by atoms with Gasteiger partial charge in [-0.05, 0) is 0 Å². The van der Waals surface area contributed by atoms with Crippen molar-refractivity contribution in [2.24, 2.45) is 0 Å². The topological polar surface area (TPSA) is 104 Å². The minimum atomic E-state index is -4.64. The first-order chi connectivity index (χ1) is 5.30. The van der Waals surface area contributed by atoms with Gasteiger partial charge < -0.3 is 19.4 Å². The molecular formula is C4H8ClO6P. The first kappa shape index (κ1) is 11.9. The third kappa shape index (κ3) is 7.97. The lowest BCUT2D eigenvalue weighted by Gasteiger charge is -1.86. The van der Waals surface area contributed by atoms with E-state index in [0.717, 1.165) is 0 Å². The van der Waals surface area contributed by atoms with Crippen LogP contribution in [0.25, 0.3) is 0 Å². The Labute approximate surface area is 73.3 Å². The monoisotopic (exact) mass is 218 g/mol. The summed E-state index contributed by atoms with van der Waals surface area (Å²) in [5, 5.41) is -0.375. The molecule has 0 aromatic heterocycles. The Morgan fingerprint density at radius 2 is 1.92 bits per heavy atom. The van der Waals surface area contributed by atoms with Crippen LogP contribution in [0.5, 0.6) is 0 Å². The molecule has 0 bridgehead atoms. The highest BCUT2D eigenvalue weighted by atomic mass is 35.5. The van der Waals surface area contributed by atoms with Crippen LogP contribution in [0.15, 0.2) is 0 Å². The van der Waals surface area contributed by atoms with Crippen molar-refractivity contribution in [3.05, 3.63) is 0 Å². The Kier molecular flexibility index (Phi) is 4.74. The number of carbonyl (C=O) groups excluding carboxylic acids is 1. The lowest BCUT2D eigenvalue weighted by molar-refractivity contribution is -0.137. The largest absolute Gasteiger partial charge is 0.466 e. The number of phosphoric acid groups is 1. The molecule has 0 radical (unpaired) electrons. The van der Waals surface area contributed by atoms with Gasteiger partial charge in [-0.25, -0.2) is 4.57 Å². The molecule has 6 nitrogen and oxygen atoms in total. The van der Waals surface area contributed by atoms with E-state index in [1.54, 1.807) is 0 Å². The summed E-state index contributed by atoms with van der Waals surface area (Å²) in [6.07, 6.45) is 0.667. The molecular weight excluding hydrogens is 210 g/mol. The fourth-order valence-electron chi connectivity index (χ4n) is 0.471. The molecule has 0 aromatic carbocycles. The van der Waals surface area contributed by atoms with Crippen molar-refractivity contribution in [2.75, 3.05) is 6.61 Å². The van der Waals surface area contributed by atoms with Gasteiger partial charge in [0.2, 0.25) is 0 Å². The van der Waals surface area contributed by atoms with Gasteiger partial charge in [-0.3, -0.25) is 4.79 Å². The Morgan fingerprint density at radius 3 is 2.00 bits per heavy atom. The number of carbonyl (C=O) groups is 1. The first-order valence-electron chi connectivity index (χ1n) is 2.89. The summed E-state index contributed by atoms with van der Waals surface area (Å²) >= 11 is 5.39. The summed E-state index contributed by atoms with van der Waals surface area (Å²) in [5.74, 6) is -0.276. The molecule has 1 heterocycles. The van der Waals surface area contributed by atoms with E-state index < -0.39 is 7.82 Å². The summed E-state index contributed by atoms with van der Waals surface area (Å²) in [7, 11) is -4.64. The SMILES string of the molecule is O=C1OCCC1Cl.O=P(O)(O)O. The molecule has 0 aliphatic carbocycles. The third-order valence-electron chi connectivity index (χ3n) is 0.871. The van der Waals surface area contributed by atoms with Crippen LogP contribution in [-0.2, 0) is 14.1 Å². The molecule has 1 aliphatic heterocycles. The highest BCUT2D eigenvalue weighted by Gasteiger charge is 2.22. The fraction of sp³-hybridized carbons (Fsp3) is 0.750. The van der Waals surface area contributed by atoms with Crippen LogP contribution in [-0.4, -0.2) is 32.6 Å². The van der Waals surface area contributed by atoms with Crippen molar-refractivity contribution >= 4 is 25.4 Å². The van der Waals surface area contributed by atoms with Gasteiger partial charge in [-0.2, -0.15) is 0 Å². The van der Waals surface area contributed by atoms with Crippen LogP contribution in [0.4, 0.5) is 0 Å². The van der Waals surface area contributed by atoms with E-state index in [2.05, 4.69) is 4.74 Å². The molecule has 1 saturated heterocycles. The predicted molar refractivity (Wildman–Crippen MR) is 39.5 cm³/mol. The number of alkyl halides is 1. The highest BCUT2D eigenvalue weighted by molar-refractivity contribution is 7.45. The van der Waals surface area contributed by atoms with Gasteiger partial charge in [0, 0.05) is 6.42 Å². The predicted octanol–water partition coefficient (Wildman–Crippen LogP) is -0.388. The minimum Gasteiger partial charge on any atom is -0.465 e. The van der Waals surface area contributed by atoms with E-state index in [9.17, 15) is 4.79 Å². The van der Waals surface area contributed by atoms with Crippen LogP contribution < -0.4 is 0 Å². The lowest BCUT2D eigenvalue weighted by Crippen LogP contribution is -2.04. The molecule has 0 amide bonds. The molecule has 1 aliphatic rings. The van der Waals surface area contributed by atoms with E-state index in [0.29, 0.717) is 13.0 Å². The molecule has 72 valence electrons. The molecule has 12 heavy (non-hydrogen) atoms. The van der Waals surface area contributed by atoms with Gasteiger partial charge in [-0.15, -0.1) is 11.6 Å². The lowest BCUT2D eigenvalue weighted by atomic mass is 10.4. The Balaban J connectivity index is 0.000000217. The van der Waals surface area contributed by atoms with E-state index in [1.165, 1.54) is 0 Å². The van der Waals surface area contributed by atoms with E-state index in [1.807, 2.05) is 0 Å². The zero-order valence-electron chi connectivity index (χ0n) is 5.88. The number of halogens is 1. The minimum absolute atomic E-state index is 0.276. The zero-order valence-corrected chi connectivity index (χ0v) is 7.53. The second kappa shape index (κ2) is 4.79. The molecule has 1 fully saturated rings. The third-order valence-corrected chi connectivity index (χ3v) is 1.27. The summed E-state index contributed by atoms with van der Waals surface area (Å²) in [6, 6.07) is 0. The van der Waals surface area contributed by atoms with Gasteiger partial charge in [0.1, 0.15) is 5.38 Å². The quantitative estimate of drug-likeness (QED) is 0.291. The van der Waals surface area contributed by atoms with Crippen LogP contribution in [0.2, 0.25) is 0 Å². The van der Waals surface area contributed by atoms with Crippen LogP contribution >= 0.6 is 19.4 Å². The van der Waals surface area contributed by atoms with Crippen molar-refractivity contribution in [3.8, 4) is 0 Å². The standard InChI is InChI=1S/C4H5ClO2.H3O4P/c5-3-1-2-7-4(3)6;1-5(2,3)4/h3H,1-2H2;(H3,1,2,3,4). The van der Waals surface area contributed by atoms with Gasteiger partial charge >= 0.3 is 13.8 Å². The van der Waals surface area contributed by atoms with Crippen LogP contribution in [0.3, 0.4) is 0 Å². The average molecular weight is 219 g/mol. The maximum Gasteiger partial charge on any atom is 0.466 e. The van der Waals surface area contributed by atoms with Crippen molar-refractivity contribution in [1.29, 1.82) is 0 Å². The van der Waals surface area contributed by atoms with E-state index >= 15 is 0 Å². The van der Waals surface area contributed by atoms with Crippen molar-refractivity contribution in [1.82, 2.24) is 0 Å². The van der Waals surface area contributed by atoms with Crippen molar-refractivity contribution in [3.63, 3.8) is 0 Å². The number of hydrogen-bond donors (Lipinski definition) is 3. The number of cyclic esters (lactones) is 1.